The number of esters is 1. The standard InChI is InChI=1S/C21H16N2O3S2/c1-25-16-8-6-14(7-9-16)21-22-15(13-27-21)12-26-20(24)11-10-19-23-17-4-2-3-5-18(17)28-19/h2-11,13H,12H2,1H3/b11-10+. The van der Waals surface area contributed by atoms with E-state index in [9.17, 15) is 4.79 Å². The van der Waals surface area contributed by atoms with Gasteiger partial charge in [0.05, 0.1) is 23.0 Å². The van der Waals surface area contributed by atoms with Gasteiger partial charge in [0.15, 0.2) is 0 Å². The molecule has 2 heterocycles. The highest BCUT2D eigenvalue weighted by Crippen LogP contribution is 2.26. The Morgan fingerprint density at radius 3 is 2.71 bits per heavy atom. The van der Waals surface area contributed by atoms with Crippen LogP contribution >= 0.6 is 22.7 Å². The summed E-state index contributed by atoms with van der Waals surface area (Å²) in [7, 11) is 1.64. The van der Waals surface area contributed by atoms with E-state index in [1.165, 1.54) is 28.7 Å². The number of carbonyl (C=O) groups is 1. The van der Waals surface area contributed by atoms with E-state index in [0.29, 0.717) is 0 Å². The first-order chi connectivity index (χ1) is 13.7. The van der Waals surface area contributed by atoms with Gasteiger partial charge in [-0.1, -0.05) is 12.1 Å². The van der Waals surface area contributed by atoms with Crippen LogP contribution in [-0.4, -0.2) is 23.0 Å². The lowest BCUT2D eigenvalue weighted by atomic mass is 10.2. The van der Waals surface area contributed by atoms with E-state index in [1.54, 1.807) is 13.2 Å². The maximum atomic E-state index is 12.0. The van der Waals surface area contributed by atoms with E-state index >= 15 is 0 Å². The molecule has 4 rings (SSSR count). The third-order valence-corrected chi connectivity index (χ3v) is 5.87. The number of nitrogens with zero attached hydrogens (tertiary/aromatic N) is 2. The van der Waals surface area contributed by atoms with Gasteiger partial charge in [0, 0.05) is 17.0 Å². The number of thiazole rings is 2. The van der Waals surface area contributed by atoms with Crippen molar-refractivity contribution in [2.75, 3.05) is 7.11 Å². The minimum absolute atomic E-state index is 0.135. The molecule has 7 heteroatoms. The maximum Gasteiger partial charge on any atom is 0.331 e. The molecule has 2 aromatic carbocycles. The number of rotatable bonds is 6. The molecule has 0 aliphatic carbocycles. The van der Waals surface area contributed by atoms with Gasteiger partial charge in [-0.25, -0.2) is 14.8 Å². The summed E-state index contributed by atoms with van der Waals surface area (Å²) in [5, 5.41) is 3.54. The van der Waals surface area contributed by atoms with Crippen LogP contribution in [0.2, 0.25) is 0 Å². The largest absolute Gasteiger partial charge is 0.497 e. The number of methoxy groups -OCH3 is 1. The van der Waals surface area contributed by atoms with Crippen molar-refractivity contribution in [2.45, 2.75) is 6.61 Å². The molecule has 5 nitrogen and oxygen atoms in total. The fourth-order valence-corrected chi connectivity index (χ4v) is 4.21. The van der Waals surface area contributed by atoms with Crippen molar-refractivity contribution in [1.82, 2.24) is 9.97 Å². The van der Waals surface area contributed by atoms with E-state index < -0.39 is 5.97 Å². The normalized spacial score (nSPS) is 11.2. The van der Waals surface area contributed by atoms with Crippen LogP contribution < -0.4 is 4.74 Å². The SMILES string of the molecule is COc1ccc(-c2nc(COC(=O)/C=C/c3nc4ccccc4s3)cs2)cc1. The molecule has 0 unspecified atom stereocenters. The third-order valence-electron chi connectivity index (χ3n) is 3.92. The first-order valence-corrected chi connectivity index (χ1v) is 10.2. The zero-order chi connectivity index (χ0) is 19.3. The van der Waals surface area contributed by atoms with Crippen LogP contribution in [-0.2, 0) is 16.1 Å². The van der Waals surface area contributed by atoms with E-state index in [4.69, 9.17) is 9.47 Å². The van der Waals surface area contributed by atoms with Crippen molar-refractivity contribution in [2.24, 2.45) is 0 Å². The van der Waals surface area contributed by atoms with Crippen LogP contribution in [0.15, 0.2) is 60.0 Å². The summed E-state index contributed by atoms with van der Waals surface area (Å²) in [6, 6.07) is 15.6. The monoisotopic (exact) mass is 408 g/mol. The maximum absolute atomic E-state index is 12.0. The van der Waals surface area contributed by atoms with Gasteiger partial charge in [0.2, 0.25) is 0 Å². The average molecular weight is 409 g/mol. The fourth-order valence-electron chi connectivity index (χ4n) is 2.53. The molecular weight excluding hydrogens is 392 g/mol. The quantitative estimate of drug-likeness (QED) is 0.325. The van der Waals surface area contributed by atoms with Gasteiger partial charge in [0.25, 0.3) is 0 Å². The number of fused-ring (bicyclic) bond motifs is 1. The Morgan fingerprint density at radius 1 is 1.11 bits per heavy atom. The zero-order valence-electron chi connectivity index (χ0n) is 15.0. The molecule has 0 atom stereocenters. The van der Waals surface area contributed by atoms with Crippen LogP contribution in [0.5, 0.6) is 5.75 Å². The molecule has 140 valence electrons. The number of aromatic nitrogens is 2. The summed E-state index contributed by atoms with van der Waals surface area (Å²) in [6.07, 6.45) is 3.07. The molecule has 0 fully saturated rings. The van der Waals surface area contributed by atoms with Gasteiger partial charge in [-0.3, -0.25) is 0 Å². The molecule has 0 saturated carbocycles. The topological polar surface area (TPSA) is 61.3 Å². The minimum Gasteiger partial charge on any atom is -0.497 e. The summed E-state index contributed by atoms with van der Waals surface area (Å²) in [5.74, 6) is 0.382. The van der Waals surface area contributed by atoms with Crippen LogP contribution in [0.1, 0.15) is 10.7 Å². The number of carbonyl (C=O) groups excluding carboxylic acids is 1. The summed E-state index contributed by atoms with van der Waals surface area (Å²) < 4.78 is 11.5. The molecule has 28 heavy (non-hydrogen) atoms. The lowest BCUT2D eigenvalue weighted by Crippen LogP contribution is -2.00. The van der Waals surface area contributed by atoms with Gasteiger partial charge in [-0.2, -0.15) is 0 Å². The fraction of sp³-hybridized carbons (Fsp3) is 0.0952. The number of para-hydroxylation sites is 1. The van der Waals surface area contributed by atoms with Crippen molar-refractivity contribution in [3.05, 3.63) is 70.7 Å². The molecular formula is C21H16N2O3S2. The highest BCUT2D eigenvalue weighted by Gasteiger charge is 2.07. The second-order valence-electron chi connectivity index (χ2n) is 5.83. The molecule has 0 bridgehead atoms. The van der Waals surface area contributed by atoms with Crippen LogP contribution in [0.4, 0.5) is 0 Å². The molecule has 0 aliphatic rings. The summed E-state index contributed by atoms with van der Waals surface area (Å²) >= 11 is 3.04. The lowest BCUT2D eigenvalue weighted by Gasteiger charge is -2.00. The van der Waals surface area contributed by atoms with Crippen molar-refractivity contribution in [1.29, 1.82) is 0 Å². The molecule has 0 saturated heterocycles. The van der Waals surface area contributed by atoms with E-state index in [1.807, 2.05) is 53.9 Å². The predicted molar refractivity (Wildman–Crippen MR) is 113 cm³/mol. The first-order valence-electron chi connectivity index (χ1n) is 8.50. The van der Waals surface area contributed by atoms with E-state index in [-0.39, 0.29) is 6.61 Å². The molecule has 2 aromatic heterocycles. The Kier molecular flexibility index (Phi) is 5.45. The van der Waals surface area contributed by atoms with Crippen molar-refractivity contribution >= 4 is 44.9 Å². The first kappa shape index (κ1) is 18.3. The van der Waals surface area contributed by atoms with E-state index in [0.717, 1.165) is 37.2 Å². The molecule has 0 radical (unpaired) electrons. The Morgan fingerprint density at radius 2 is 1.93 bits per heavy atom. The van der Waals surface area contributed by atoms with Crippen LogP contribution in [0, 0.1) is 0 Å². The Bertz CT molecular complexity index is 1100. The van der Waals surface area contributed by atoms with Gasteiger partial charge in [-0.05, 0) is 42.5 Å². The minimum atomic E-state index is -0.418. The Balaban J connectivity index is 1.35. The number of hydrogen-bond donors (Lipinski definition) is 0. The Hall–Kier alpha value is -3.03. The second-order valence-corrected chi connectivity index (χ2v) is 7.75. The second kappa shape index (κ2) is 8.33. The summed E-state index contributed by atoms with van der Waals surface area (Å²) in [6.45, 7) is 0.135. The number of ether oxygens (including phenoxy) is 2. The zero-order valence-corrected chi connectivity index (χ0v) is 16.6. The van der Waals surface area contributed by atoms with Crippen LogP contribution in [0.3, 0.4) is 0 Å². The average Bonchev–Trinajstić information content (AvgIpc) is 3.37. The smallest absolute Gasteiger partial charge is 0.331 e. The predicted octanol–water partition coefficient (Wildman–Crippen LogP) is 5.19. The van der Waals surface area contributed by atoms with Crippen LogP contribution in [0.25, 0.3) is 26.9 Å². The summed E-state index contributed by atoms with van der Waals surface area (Å²) in [5.41, 5.74) is 2.64. The van der Waals surface area contributed by atoms with Gasteiger partial charge in [0.1, 0.15) is 22.4 Å². The highest BCUT2D eigenvalue weighted by molar-refractivity contribution is 7.19. The highest BCUT2D eigenvalue weighted by atomic mass is 32.1. The Labute approximate surface area is 169 Å². The van der Waals surface area contributed by atoms with Crippen molar-refractivity contribution in [3.8, 4) is 16.3 Å². The lowest BCUT2D eigenvalue weighted by molar-refractivity contribution is -0.139. The van der Waals surface area contributed by atoms with Gasteiger partial charge in [-0.15, -0.1) is 22.7 Å². The van der Waals surface area contributed by atoms with Crippen molar-refractivity contribution < 1.29 is 14.3 Å². The number of hydrogen-bond acceptors (Lipinski definition) is 7. The summed E-state index contributed by atoms with van der Waals surface area (Å²) in [4.78, 5) is 21.0. The molecule has 4 aromatic rings. The molecule has 0 spiro atoms. The van der Waals surface area contributed by atoms with Gasteiger partial charge >= 0.3 is 5.97 Å². The van der Waals surface area contributed by atoms with Gasteiger partial charge < -0.3 is 9.47 Å². The molecule has 0 amide bonds. The number of benzene rings is 2. The van der Waals surface area contributed by atoms with Crippen molar-refractivity contribution in [3.63, 3.8) is 0 Å². The van der Waals surface area contributed by atoms with E-state index in [2.05, 4.69) is 9.97 Å². The third kappa shape index (κ3) is 4.27. The molecule has 0 N–H and O–H groups in total. The molecule has 0 aliphatic heterocycles.